The molecule has 1 fully saturated rings. The highest BCUT2D eigenvalue weighted by Crippen LogP contribution is 2.21. The molecule has 0 atom stereocenters. The molecule has 150 valence electrons. The predicted octanol–water partition coefficient (Wildman–Crippen LogP) is 3.11. The zero-order valence-electron chi connectivity index (χ0n) is 16.8. The van der Waals surface area contributed by atoms with Crippen LogP contribution >= 0.6 is 0 Å². The fourth-order valence-corrected chi connectivity index (χ4v) is 3.57. The third-order valence-electron chi connectivity index (χ3n) is 5.28. The van der Waals surface area contributed by atoms with Gasteiger partial charge in [0.15, 0.2) is 5.69 Å². The molecule has 3 aromatic rings. The van der Waals surface area contributed by atoms with Crippen LogP contribution in [0.3, 0.4) is 0 Å². The van der Waals surface area contributed by atoms with E-state index in [1.807, 2.05) is 42.5 Å². The average molecular weight is 390 g/mol. The van der Waals surface area contributed by atoms with E-state index in [9.17, 15) is 4.79 Å². The van der Waals surface area contributed by atoms with Gasteiger partial charge >= 0.3 is 0 Å². The summed E-state index contributed by atoms with van der Waals surface area (Å²) in [5, 5.41) is 11.3. The number of nitrogens with zero attached hydrogens (tertiary/aromatic N) is 4. The van der Waals surface area contributed by atoms with Crippen molar-refractivity contribution in [3.8, 4) is 11.3 Å². The highest BCUT2D eigenvalue weighted by atomic mass is 16.1. The third kappa shape index (κ3) is 4.46. The molecule has 1 saturated heterocycles. The Bertz CT molecular complexity index is 992. The number of hydrogen-bond donors (Lipinski definition) is 2. The Kier molecular flexibility index (Phi) is 5.57. The zero-order chi connectivity index (χ0) is 20.2. The van der Waals surface area contributed by atoms with Crippen LogP contribution in [0, 0.1) is 0 Å². The number of piperazine rings is 1. The van der Waals surface area contributed by atoms with Crippen molar-refractivity contribution >= 4 is 17.3 Å². The molecule has 0 unspecified atom stereocenters. The lowest BCUT2D eigenvalue weighted by molar-refractivity contribution is 0.209. The fraction of sp³-hybridized carbons (Fsp3) is 0.318. The number of anilines is 3. The van der Waals surface area contributed by atoms with Crippen LogP contribution in [0.5, 0.6) is 0 Å². The number of rotatable bonds is 5. The molecule has 2 heterocycles. The number of aromatic amines is 1. The van der Waals surface area contributed by atoms with E-state index in [4.69, 9.17) is 0 Å². The molecule has 0 saturated carbocycles. The van der Waals surface area contributed by atoms with E-state index in [-0.39, 0.29) is 5.56 Å². The van der Waals surface area contributed by atoms with Gasteiger partial charge in [-0.2, -0.15) is 0 Å². The maximum Gasteiger partial charge on any atom is 0.279 e. The largest absolute Gasteiger partial charge is 0.369 e. The van der Waals surface area contributed by atoms with E-state index >= 15 is 0 Å². The van der Waals surface area contributed by atoms with Gasteiger partial charge in [0, 0.05) is 49.2 Å². The minimum atomic E-state index is -0.270. The number of hydrogen-bond acceptors (Lipinski definition) is 6. The van der Waals surface area contributed by atoms with Crippen molar-refractivity contribution in [2.45, 2.75) is 19.9 Å². The molecule has 0 bridgehead atoms. The van der Waals surface area contributed by atoms with Crippen molar-refractivity contribution in [3.05, 3.63) is 65.0 Å². The molecule has 0 aliphatic carbocycles. The maximum absolute atomic E-state index is 12.4. The Labute approximate surface area is 170 Å². The van der Waals surface area contributed by atoms with E-state index in [0.717, 1.165) is 37.4 Å². The minimum Gasteiger partial charge on any atom is -0.369 e. The van der Waals surface area contributed by atoms with Crippen LogP contribution in [0.2, 0.25) is 0 Å². The van der Waals surface area contributed by atoms with Crippen LogP contribution in [0.4, 0.5) is 17.3 Å². The maximum atomic E-state index is 12.4. The smallest absolute Gasteiger partial charge is 0.279 e. The van der Waals surface area contributed by atoms with Crippen LogP contribution < -0.4 is 15.8 Å². The van der Waals surface area contributed by atoms with E-state index < -0.39 is 0 Å². The molecular weight excluding hydrogens is 364 g/mol. The van der Waals surface area contributed by atoms with Crippen LogP contribution in [-0.4, -0.2) is 52.3 Å². The van der Waals surface area contributed by atoms with Gasteiger partial charge in [-0.3, -0.25) is 14.7 Å². The first-order chi connectivity index (χ1) is 14.1. The molecule has 0 amide bonds. The second-order valence-corrected chi connectivity index (χ2v) is 7.51. The molecule has 1 aliphatic rings. The normalized spacial score (nSPS) is 14.9. The topological polar surface area (TPSA) is 77.2 Å². The van der Waals surface area contributed by atoms with Gasteiger partial charge in [-0.05, 0) is 38.1 Å². The van der Waals surface area contributed by atoms with E-state index in [1.54, 1.807) is 0 Å². The predicted molar refractivity (Wildman–Crippen MR) is 117 cm³/mol. The van der Waals surface area contributed by atoms with Crippen molar-refractivity contribution in [2.24, 2.45) is 0 Å². The molecule has 1 aromatic heterocycles. The molecule has 2 N–H and O–H groups in total. The number of nitrogens with one attached hydrogen (secondary N) is 2. The summed E-state index contributed by atoms with van der Waals surface area (Å²) in [5.74, 6) is 0.327. The summed E-state index contributed by atoms with van der Waals surface area (Å²) >= 11 is 0. The zero-order valence-corrected chi connectivity index (χ0v) is 16.8. The summed E-state index contributed by atoms with van der Waals surface area (Å²) in [6, 6.07) is 18.1. The van der Waals surface area contributed by atoms with Crippen molar-refractivity contribution in [1.82, 2.24) is 20.1 Å². The summed E-state index contributed by atoms with van der Waals surface area (Å²) < 4.78 is 0. The van der Waals surface area contributed by atoms with Gasteiger partial charge in [0.05, 0.1) is 0 Å². The van der Waals surface area contributed by atoms with E-state index in [1.165, 1.54) is 5.69 Å². The Morgan fingerprint density at radius 1 is 0.931 bits per heavy atom. The molecule has 29 heavy (non-hydrogen) atoms. The highest BCUT2D eigenvalue weighted by molar-refractivity contribution is 5.61. The number of H-pyrrole nitrogens is 1. The SMILES string of the molecule is CC(C)N1CCN(c2ccc(Nc3nnc(-c4ccccc4)c(=O)[nH]3)cc2)CC1. The van der Waals surface area contributed by atoms with Gasteiger partial charge in [0.2, 0.25) is 5.95 Å². The minimum absolute atomic E-state index is 0.270. The second-order valence-electron chi connectivity index (χ2n) is 7.51. The summed E-state index contributed by atoms with van der Waals surface area (Å²) in [6.45, 7) is 8.73. The van der Waals surface area contributed by atoms with Gasteiger partial charge in [-0.25, -0.2) is 0 Å². The van der Waals surface area contributed by atoms with Gasteiger partial charge < -0.3 is 10.2 Å². The van der Waals surface area contributed by atoms with E-state index in [0.29, 0.717) is 17.7 Å². The van der Waals surface area contributed by atoms with Gasteiger partial charge in [0.1, 0.15) is 0 Å². The average Bonchev–Trinajstić information content (AvgIpc) is 2.75. The number of aromatic nitrogens is 3. The molecule has 4 rings (SSSR count). The van der Waals surface area contributed by atoms with Crippen LogP contribution in [0.25, 0.3) is 11.3 Å². The Balaban J connectivity index is 1.42. The van der Waals surface area contributed by atoms with Gasteiger partial charge in [0.25, 0.3) is 5.56 Å². The Morgan fingerprint density at radius 3 is 2.24 bits per heavy atom. The lowest BCUT2D eigenvalue weighted by Gasteiger charge is -2.38. The molecule has 7 nitrogen and oxygen atoms in total. The lowest BCUT2D eigenvalue weighted by atomic mass is 10.2. The molecule has 2 aromatic carbocycles. The highest BCUT2D eigenvalue weighted by Gasteiger charge is 2.18. The molecule has 1 aliphatic heterocycles. The van der Waals surface area contributed by atoms with Crippen molar-refractivity contribution < 1.29 is 0 Å². The standard InChI is InChI=1S/C22H26N6O/c1-16(2)27-12-14-28(15-13-27)19-10-8-18(9-11-19)23-22-24-21(29)20(25-26-22)17-6-4-3-5-7-17/h3-11,16H,12-15H2,1-2H3,(H2,23,24,26,29). The van der Waals surface area contributed by atoms with E-state index in [2.05, 4.69) is 56.3 Å². The van der Waals surface area contributed by atoms with Crippen molar-refractivity contribution in [3.63, 3.8) is 0 Å². The third-order valence-corrected chi connectivity index (χ3v) is 5.28. The summed E-state index contributed by atoms with van der Waals surface area (Å²) in [5.41, 5.74) is 2.85. The van der Waals surface area contributed by atoms with Crippen LogP contribution in [0.15, 0.2) is 59.4 Å². The Morgan fingerprint density at radius 2 is 1.62 bits per heavy atom. The lowest BCUT2D eigenvalue weighted by Crippen LogP contribution is -2.48. The van der Waals surface area contributed by atoms with Crippen molar-refractivity contribution in [2.75, 3.05) is 36.4 Å². The quantitative estimate of drug-likeness (QED) is 0.697. The van der Waals surface area contributed by atoms with Gasteiger partial charge in [-0.15, -0.1) is 10.2 Å². The summed E-state index contributed by atoms with van der Waals surface area (Å²) in [7, 11) is 0. The van der Waals surface area contributed by atoms with Crippen LogP contribution in [-0.2, 0) is 0 Å². The van der Waals surface area contributed by atoms with Crippen molar-refractivity contribution in [1.29, 1.82) is 0 Å². The summed E-state index contributed by atoms with van der Waals surface area (Å²) in [6.07, 6.45) is 0. The first kappa shape index (κ1) is 19.1. The Hall–Kier alpha value is -3.19. The first-order valence-corrected chi connectivity index (χ1v) is 9.98. The second kappa shape index (κ2) is 8.45. The summed E-state index contributed by atoms with van der Waals surface area (Å²) in [4.78, 5) is 20.0. The van der Waals surface area contributed by atoms with Gasteiger partial charge in [-0.1, -0.05) is 30.3 Å². The molecule has 0 radical (unpaired) electrons. The molecular formula is C22H26N6O. The number of benzene rings is 2. The van der Waals surface area contributed by atoms with Crippen LogP contribution in [0.1, 0.15) is 13.8 Å². The molecule has 0 spiro atoms. The monoisotopic (exact) mass is 390 g/mol. The first-order valence-electron chi connectivity index (χ1n) is 9.98. The fourth-order valence-electron chi connectivity index (χ4n) is 3.57. The molecule has 7 heteroatoms.